The summed E-state index contributed by atoms with van der Waals surface area (Å²) in [5, 5.41) is 12.3. The zero-order valence-electron chi connectivity index (χ0n) is 29.4. The quantitative estimate of drug-likeness (QED) is 0.0454. The van der Waals surface area contributed by atoms with E-state index in [0.29, 0.717) is 17.8 Å². The van der Waals surface area contributed by atoms with Crippen molar-refractivity contribution in [1.82, 2.24) is 10.4 Å². The first-order valence-corrected chi connectivity index (χ1v) is 18.1. The molecule has 19 heteroatoms. The fourth-order valence-electron chi connectivity index (χ4n) is 5.69. The third-order valence-electron chi connectivity index (χ3n) is 8.45. The second-order valence-electron chi connectivity index (χ2n) is 12.1. The van der Waals surface area contributed by atoms with Gasteiger partial charge in [0.1, 0.15) is 6.10 Å². The van der Waals surface area contributed by atoms with Crippen LogP contribution in [0.25, 0.3) is 0 Å². The van der Waals surface area contributed by atoms with Crippen molar-refractivity contribution in [3.05, 3.63) is 93.0 Å². The molecule has 2 aliphatic heterocycles. The van der Waals surface area contributed by atoms with E-state index in [9.17, 15) is 42.5 Å². The van der Waals surface area contributed by atoms with Crippen molar-refractivity contribution in [1.29, 1.82) is 0 Å². The number of fused-ring (bicyclic) bond motifs is 2. The Hall–Kier alpha value is -6.52. The van der Waals surface area contributed by atoms with Gasteiger partial charge in [0.2, 0.25) is 11.8 Å². The average Bonchev–Trinajstić information content (AvgIpc) is 3.42. The van der Waals surface area contributed by atoms with Crippen LogP contribution in [0.15, 0.2) is 60.7 Å². The van der Waals surface area contributed by atoms with Crippen molar-refractivity contribution in [3.63, 3.8) is 0 Å². The standard InChI is InChI=1S/C36H34N4O14S/c1-22(53-36(45)54-39-34(43)20-31(35(39)44)55(48,49)50)26-18-29(51-2)30(19-28(26)40(46)47)52-17-7-12-32(41)37-16-15-33(42)38-21-25-10-4-3-8-23(25)13-14-24-9-5-6-11-27(24)38/h3-6,8-11,18-19,22,31H,7,12,15-17,20-21H2,1-2H3,(H,37,41)(H,48,49,50). The SMILES string of the molecule is COc1cc(C(C)OC(=O)ON2C(=O)CC(S(=O)(=O)O)C2=O)c([N+](=O)[O-])cc1OCCCC(=O)NCCC(=O)N1Cc2ccccc2C#Cc2ccccc21. The zero-order valence-corrected chi connectivity index (χ0v) is 30.2. The number of hydrogen-bond acceptors (Lipinski definition) is 13. The number of para-hydroxylation sites is 1. The van der Waals surface area contributed by atoms with Crippen LogP contribution in [0, 0.1) is 22.0 Å². The lowest BCUT2D eigenvalue weighted by Gasteiger charge is -2.26. The van der Waals surface area contributed by atoms with E-state index in [1.165, 1.54) is 14.0 Å². The number of ether oxygens (including phenoxy) is 3. The predicted molar refractivity (Wildman–Crippen MR) is 190 cm³/mol. The maximum atomic E-state index is 13.4. The number of nitrogens with one attached hydrogen (secondary N) is 1. The van der Waals surface area contributed by atoms with Gasteiger partial charge in [-0.05, 0) is 43.2 Å². The third-order valence-corrected chi connectivity index (χ3v) is 9.54. The van der Waals surface area contributed by atoms with Crippen molar-refractivity contribution in [2.24, 2.45) is 0 Å². The summed E-state index contributed by atoms with van der Waals surface area (Å²) >= 11 is 0. The Labute approximate surface area is 314 Å². The van der Waals surface area contributed by atoms with Gasteiger partial charge < -0.3 is 24.4 Å². The molecule has 3 aromatic carbocycles. The highest BCUT2D eigenvalue weighted by Crippen LogP contribution is 2.39. The number of nitro groups is 1. The van der Waals surface area contributed by atoms with Crippen LogP contribution in [0.4, 0.5) is 16.2 Å². The molecule has 2 heterocycles. The van der Waals surface area contributed by atoms with Crippen molar-refractivity contribution >= 4 is 51.3 Å². The highest BCUT2D eigenvalue weighted by Gasteiger charge is 2.49. The molecule has 55 heavy (non-hydrogen) atoms. The molecule has 1 fully saturated rings. The van der Waals surface area contributed by atoms with Crippen molar-refractivity contribution in [2.75, 3.05) is 25.2 Å². The normalized spacial score (nSPS) is 15.3. The first-order valence-electron chi connectivity index (χ1n) is 16.6. The Balaban J connectivity index is 1.12. The Bertz CT molecular complexity index is 2210. The molecule has 3 aromatic rings. The van der Waals surface area contributed by atoms with E-state index in [2.05, 4.69) is 22.0 Å². The zero-order chi connectivity index (χ0) is 39.9. The van der Waals surface area contributed by atoms with Gasteiger partial charge in [-0.1, -0.05) is 47.2 Å². The summed E-state index contributed by atoms with van der Waals surface area (Å²) < 4.78 is 47.8. The van der Waals surface area contributed by atoms with Gasteiger partial charge >= 0.3 is 6.16 Å². The molecule has 2 atom stereocenters. The number of anilines is 1. The van der Waals surface area contributed by atoms with Gasteiger partial charge in [0.05, 0.1) is 48.9 Å². The topological polar surface area (TPSA) is 238 Å². The summed E-state index contributed by atoms with van der Waals surface area (Å²) in [4.78, 5) is 79.8. The van der Waals surface area contributed by atoms with Crippen LogP contribution >= 0.6 is 0 Å². The number of nitrogens with zero attached hydrogens (tertiary/aromatic N) is 3. The fourth-order valence-corrected chi connectivity index (χ4v) is 6.39. The number of imide groups is 1. The van der Waals surface area contributed by atoms with Gasteiger partial charge in [-0.15, -0.1) is 0 Å². The number of methoxy groups -OCH3 is 1. The van der Waals surface area contributed by atoms with Crippen molar-refractivity contribution in [2.45, 2.75) is 50.5 Å². The number of hydroxylamine groups is 2. The molecule has 1 saturated heterocycles. The fraction of sp³-hybridized carbons (Fsp3) is 0.306. The largest absolute Gasteiger partial charge is 0.534 e. The molecule has 0 aromatic heterocycles. The van der Waals surface area contributed by atoms with E-state index in [1.807, 2.05) is 48.5 Å². The molecule has 2 aliphatic rings. The summed E-state index contributed by atoms with van der Waals surface area (Å²) in [5.41, 5.74) is 2.34. The van der Waals surface area contributed by atoms with E-state index in [1.54, 1.807) is 4.90 Å². The summed E-state index contributed by atoms with van der Waals surface area (Å²) in [5.74, 6) is 2.92. The van der Waals surface area contributed by atoms with Gasteiger partial charge in [-0.2, -0.15) is 8.42 Å². The summed E-state index contributed by atoms with van der Waals surface area (Å²) in [6.45, 7) is 1.55. The van der Waals surface area contributed by atoms with E-state index in [0.717, 1.165) is 23.3 Å². The lowest BCUT2D eigenvalue weighted by molar-refractivity contribution is -0.386. The Morgan fingerprint density at radius 2 is 1.73 bits per heavy atom. The maximum absolute atomic E-state index is 13.4. The van der Waals surface area contributed by atoms with Gasteiger partial charge in [-0.3, -0.25) is 38.7 Å². The minimum atomic E-state index is -4.97. The smallest absolute Gasteiger partial charge is 0.493 e. The average molecular weight is 779 g/mol. The predicted octanol–water partition coefficient (Wildman–Crippen LogP) is 3.36. The van der Waals surface area contributed by atoms with E-state index < -0.39 is 56.5 Å². The molecule has 2 N–H and O–H groups in total. The highest BCUT2D eigenvalue weighted by molar-refractivity contribution is 7.87. The number of benzene rings is 3. The molecule has 18 nitrogen and oxygen atoms in total. The lowest BCUT2D eigenvalue weighted by atomic mass is 10.0. The second-order valence-corrected chi connectivity index (χ2v) is 13.7. The van der Waals surface area contributed by atoms with Crippen LogP contribution < -0.4 is 19.7 Å². The van der Waals surface area contributed by atoms with Crippen LogP contribution in [-0.2, 0) is 45.4 Å². The van der Waals surface area contributed by atoms with Gasteiger partial charge in [-0.25, -0.2) is 4.79 Å². The minimum Gasteiger partial charge on any atom is -0.493 e. The van der Waals surface area contributed by atoms with Crippen molar-refractivity contribution < 1.29 is 60.9 Å². The second kappa shape index (κ2) is 17.1. The summed E-state index contributed by atoms with van der Waals surface area (Å²) in [6.07, 6.45) is -3.86. The summed E-state index contributed by atoms with van der Waals surface area (Å²) in [7, 11) is -3.72. The van der Waals surface area contributed by atoms with Gasteiger partial charge in [0.25, 0.3) is 27.6 Å². The number of hydrogen-bond donors (Lipinski definition) is 2. The molecule has 4 amide bonds. The number of amides is 4. The number of carbonyl (C=O) groups excluding carboxylic acids is 5. The van der Waals surface area contributed by atoms with Crippen LogP contribution in [0.1, 0.15) is 61.0 Å². The molecule has 0 saturated carbocycles. The summed E-state index contributed by atoms with van der Waals surface area (Å²) in [6, 6.07) is 17.1. The molecule has 2 unspecified atom stereocenters. The minimum absolute atomic E-state index is 0.00614. The molecular weight excluding hydrogens is 744 g/mol. The molecule has 5 rings (SSSR count). The monoisotopic (exact) mass is 778 g/mol. The first-order chi connectivity index (χ1) is 26.2. The molecule has 0 aliphatic carbocycles. The molecule has 288 valence electrons. The Kier molecular flexibility index (Phi) is 12.3. The highest BCUT2D eigenvalue weighted by atomic mass is 32.2. The van der Waals surface area contributed by atoms with E-state index in [4.69, 9.17) is 18.8 Å². The van der Waals surface area contributed by atoms with Crippen LogP contribution in [0.3, 0.4) is 0 Å². The van der Waals surface area contributed by atoms with E-state index >= 15 is 0 Å². The van der Waals surface area contributed by atoms with E-state index in [-0.39, 0.29) is 66.4 Å². The molecule has 0 bridgehead atoms. The Morgan fingerprint density at radius 3 is 2.42 bits per heavy atom. The van der Waals surface area contributed by atoms with Crippen LogP contribution in [-0.4, -0.2) is 78.3 Å². The van der Waals surface area contributed by atoms with Gasteiger partial charge in [0.15, 0.2) is 16.7 Å². The molecular formula is C36H34N4O14S. The van der Waals surface area contributed by atoms with Gasteiger partial charge in [0, 0.05) is 30.5 Å². The number of nitro benzene ring substituents is 1. The maximum Gasteiger partial charge on any atom is 0.534 e. The Morgan fingerprint density at radius 1 is 1.04 bits per heavy atom. The molecule has 0 spiro atoms. The number of carbonyl (C=O) groups is 5. The number of rotatable bonds is 14. The third kappa shape index (κ3) is 9.54. The molecule has 0 radical (unpaired) electrons. The van der Waals surface area contributed by atoms with Crippen LogP contribution in [0.5, 0.6) is 11.5 Å². The first kappa shape index (κ1) is 39.7. The van der Waals surface area contributed by atoms with Crippen LogP contribution in [0.2, 0.25) is 0 Å². The van der Waals surface area contributed by atoms with Crippen molar-refractivity contribution in [3.8, 4) is 23.3 Å². The lowest BCUT2D eigenvalue weighted by Crippen LogP contribution is -2.37.